The molecule has 0 spiro atoms. The third-order valence-electron chi connectivity index (χ3n) is 14.7. The van der Waals surface area contributed by atoms with Gasteiger partial charge in [0.25, 0.3) is 0 Å². The third-order valence-corrected chi connectivity index (χ3v) is 14.7. The summed E-state index contributed by atoms with van der Waals surface area (Å²) in [5.74, 6) is 0. The van der Waals surface area contributed by atoms with Crippen molar-refractivity contribution < 1.29 is 0 Å². The van der Waals surface area contributed by atoms with Gasteiger partial charge in [-0.15, -0.1) is 0 Å². The lowest BCUT2D eigenvalue weighted by Gasteiger charge is -2.29. The van der Waals surface area contributed by atoms with Crippen molar-refractivity contribution >= 4 is 92.7 Å². The second-order valence-corrected chi connectivity index (χ2v) is 18.5. The molecule has 0 saturated heterocycles. The van der Waals surface area contributed by atoms with E-state index >= 15 is 0 Å². The summed E-state index contributed by atoms with van der Waals surface area (Å²) < 4.78 is 2.52. The van der Waals surface area contributed by atoms with E-state index in [1.54, 1.807) is 0 Å². The van der Waals surface area contributed by atoms with Crippen LogP contribution in [-0.4, -0.2) is 4.57 Å². The summed E-state index contributed by atoms with van der Waals surface area (Å²) in [5, 5.41) is 15.4. The molecule has 0 radical (unpaired) electrons. The number of fused-ring (bicyclic) bond motifs is 9. The van der Waals surface area contributed by atoms with Gasteiger partial charge >= 0.3 is 0 Å². The third kappa shape index (κ3) is 5.17. The Kier molecular flexibility index (Phi) is 7.49. The van der Waals surface area contributed by atoms with E-state index in [0.717, 1.165) is 11.4 Å². The van der Waals surface area contributed by atoms with Gasteiger partial charge in [-0.3, -0.25) is 0 Å². The first-order chi connectivity index (χ1) is 32.0. The van der Waals surface area contributed by atoms with Crippen molar-refractivity contribution in [2.24, 2.45) is 0 Å². The molecule has 0 fully saturated rings. The number of anilines is 3. The van der Waals surface area contributed by atoms with Gasteiger partial charge in [-0.05, 0) is 137 Å². The molecule has 12 aromatic carbocycles. The molecule has 0 unspecified atom stereocenters. The summed E-state index contributed by atoms with van der Waals surface area (Å²) >= 11 is 0. The van der Waals surface area contributed by atoms with Crippen LogP contribution in [0.2, 0.25) is 0 Å². The Bertz CT molecular complexity index is 4070. The lowest BCUT2D eigenvalue weighted by atomic mass is 9.81. The van der Waals surface area contributed by atoms with E-state index in [2.05, 4.69) is 242 Å². The minimum Gasteiger partial charge on any atom is -0.310 e. The van der Waals surface area contributed by atoms with Gasteiger partial charge in [0.15, 0.2) is 0 Å². The molecule has 0 bridgehead atoms. The molecule has 0 N–H and O–H groups in total. The Balaban J connectivity index is 0.950. The number of nitrogens with zero attached hydrogens (tertiary/aromatic N) is 2. The Morgan fingerprint density at radius 2 is 0.969 bits per heavy atom. The Morgan fingerprint density at radius 3 is 1.80 bits per heavy atom. The van der Waals surface area contributed by atoms with Crippen LogP contribution in [0.1, 0.15) is 25.0 Å². The SMILES string of the molecule is CC1(C)c2cc(-c3ccc4c(c3)c3c5ccc6cccc7ccc(cc3n4-c3cccc4ccccc34)c5c76)ccc2-c2ccc(N(c3ccccc3)c3cccc4ccccc34)cc21. The van der Waals surface area contributed by atoms with E-state index in [1.165, 1.54) is 120 Å². The fourth-order valence-corrected chi connectivity index (χ4v) is 11.6. The van der Waals surface area contributed by atoms with Crippen LogP contribution in [0, 0.1) is 0 Å². The summed E-state index contributed by atoms with van der Waals surface area (Å²) in [6, 6.07) is 81.5. The maximum Gasteiger partial charge on any atom is 0.0553 e. The Labute approximate surface area is 377 Å². The number of para-hydroxylation sites is 1. The first-order valence-corrected chi connectivity index (χ1v) is 22.8. The number of hydrogen-bond acceptors (Lipinski definition) is 1. The van der Waals surface area contributed by atoms with Gasteiger partial charge in [0.2, 0.25) is 0 Å². The predicted octanol–water partition coefficient (Wildman–Crippen LogP) is 17.4. The van der Waals surface area contributed by atoms with Crippen LogP contribution in [0.3, 0.4) is 0 Å². The van der Waals surface area contributed by atoms with E-state index in [9.17, 15) is 0 Å². The molecule has 0 aliphatic heterocycles. The molecule has 1 aliphatic rings. The minimum atomic E-state index is -0.223. The van der Waals surface area contributed by atoms with Gasteiger partial charge in [0.1, 0.15) is 0 Å². The Hall–Kier alpha value is -8.20. The van der Waals surface area contributed by atoms with Crippen molar-refractivity contribution in [2.45, 2.75) is 19.3 Å². The van der Waals surface area contributed by atoms with Crippen LogP contribution >= 0.6 is 0 Å². The van der Waals surface area contributed by atoms with Gasteiger partial charge in [-0.2, -0.15) is 0 Å². The first kappa shape index (κ1) is 36.3. The van der Waals surface area contributed by atoms with Gasteiger partial charge < -0.3 is 9.47 Å². The van der Waals surface area contributed by atoms with Crippen molar-refractivity contribution in [3.8, 4) is 27.9 Å². The zero-order valence-electron chi connectivity index (χ0n) is 36.2. The zero-order valence-corrected chi connectivity index (χ0v) is 36.2. The molecule has 14 rings (SSSR count). The largest absolute Gasteiger partial charge is 0.310 e. The number of rotatable bonds is 5. The fourth-order valence-electron chi connectivity index (χ4n) is 11.6. The van der Waals surface area contributed by atoms with Crippen molar-refractivity contribution in [2.75, 3.05) is 4.90 Å². The predicted molar refractivity (Wildman–Crippen MR) is 277 cm³/mol. The van der Waals surface area contributed by atoms with Crippen LogP contribution in [0.15, 0.2) is 218 Å². The molecule has 13 aromatic rings. The van der Waals surface area contributed by atoms with Crippen LogP contribution < -0.4 is 4.90 Å². The van der Waals surface area contributed by atoms with Gasteiger partial charge in [0.05, 0.1) is 22.4 Å². The van der Waals surface area contributed by atoms with Crippen LogP contribution in [0.5, 0.6) is 0 Å². The molecule has 2 nitrogen and oxygen atoms in total. The second kappa shape index (κ2) is 13.4. The molecular formula is C63H42N2. The van der Waals surface area contributed by atoms with Gasteiger partial charge in [-0.25, -0.2) is 0 Å². The quantitative estimate of drug-likeness (QED) is 0.157. The highest BCUT2D eigenvalue weighted by Crippen LogP contribution is 2.53. The highest BCUT2D eigenvalue weighted by Gasteiger charge is 2.36. The maximum atomic E-state index is 2.52. The maximum absolute atomic E-state index is 2.52. The average Bonchev–Trinajstić information content (AvgIpc) is 3.80. The lowest BCUT2D eigenvalue weighted by Crippen LogP contribution is -2.16. The molecule has 65 heavy (non-hydrogen) atoms. The molecule has 0 atom stereocenters. The van der Waals surface area contributed by atoms with Crippen LogP contribution in [0.4, 0.5) is 17.1 Å². The van der Waals surface area contributed by atoms with E-state index in [-0.39, 0.29) is 5.41 Å². The monoisotopic (exact) mass is 826 g/mol. The fraction of sp³-hybridized carbons (Fsp3) is 0.0476. The van der Waals surface area contributed by atoms with E-state index in [1.807, 2.05) is 0 Å². The highest BCUT2D eigenvalue weighted by molar-refractivity contribution is 6.33. The normalized spacial score (nSPS) is 13.2. The second-order valence-electron chi connectivity index (χ2n) is 18.5. The zero-order chi connectivity index (χ0) is 43.0. The standard InChI is InChI=1S/C63H42N2/c1-63(2)54-36-44(28-31-50(54)51-33-30-47(38-55(51)63)64(46-19-4-3-5-20-46)56-23-11-15-39-13-6-8-21-48(39)56)43-29-34-58-53(35-43)62-52-32-27-42-18-10-17-41-25-26-45(61(52)60(41)42)37-59(62)65(58)57-24-12-16-40-14-7-9-22-49(40)57/h3-38H,1-2H3. The molecular weight excluding hydrogens is 785 g/mol. The van der Waals surface area contributed by atoms with Crippen molar-refractivity contribution in [1.29, 1.82) is 0 Å². The minimum absolute atomic E-state index is 0.223. The molecule has 0 amide bonds. The number of aromatic nitrogens is 1. The van der Waals surface area contributed by atoms with Crippen molar-refractivity contribution in [1.82, 2.24) is 4.57 Å². The smallest absolute Gasteiger partial charge is 0.0553 e. The Morgan fingerprint density at radius 1 is 0.354 bits per heavy atom. The topological polar surface area (TPSA) is 8.17 Å². The summed E-state index contributed by atoms with van der Waals surface area (Å²) in [5.41, 5.74) is 14.7. The molecule has 2 heteroatoms. The summed E-state index contributed by atoms with van der Waals surface area (Å²) in [7, 11) is 0. The number of hydrogen-bond donors (Lipinski definition) is 0. The summed E-state index contributed by atoms with van der Waals surface area (Å²) in [6.07, 6.45) is 0. The van der Waals surface area contributed by atoms with E-state index in [0.29, 0.717) is 0 Å². The van der Waals surface area contributed by atoms with Gasteiger partial charge in [0, 0.05) is 38.3 Å². The molecule has 0 saturated carbocycles. The molecule has 1 aromatic heterocycles. The first-order valence-electron chi connectivity index (χ1n) is 22.8. The van der Waals surface area contributed by atoms with Crippen LogP contribution in [-0.2, 0) is 5.41 Å². The summed E-state index contributed by atoms with van der Waals surface area (Å²) in [6.45, 7) is 4.80. The van der Waals surface area contributed by atoms with Crippen molar-refractivity contribution in [3.05, 3.63) is 230 Å². The molecule has 1 heterocycles. The highest BCUT2D eigenvalue weighted by atomic mass is 15.1. The summed E-state index contributed by atoms with van der Waals surface area (Å²) in [4.78, 5) is 2.42. The van der Waals surface area contributed by atoms with Gasteiger partial charge in [-0.1, -0.05) is 172 Å². The van der Waals surface area contributed by atoms with E-state index < -0.39 is 0 Å². The van der Waals surface area contributed by atoms with Crippen LogP contribution in [0.25, 0.3) is 104 Å². The van der Waals surface area contributed by atoms with E-state index in [4.69, 9.17) is 0 Å². The molecule has 1 aliphatic carbocycles. The number of benzene rings is 12. The molecule has 304 valence electrons. The lowest BCUT2D eigenvalue weighted by molar-refractivity contribution is 0.660. The van der Waals surface area contributed by atoms with Crippen molar-refractivity contribution in [3.63, 3.8) is 0 Å². The average molecular weight is 827 g/mol.